The number of carbonyl (C=O) groups is 4. The molecular weight excluding hydrogens is 608 g/mol. The fraction of sp³-hybridized carbons (Fsp3) is 0.500. The maximum absolute atomic E-state index is 14.1. The molecule has 0 amide bonds. The van der Waals surface area contributed by atoms with Gasteiger partial charge in [-0.05, 0) is 12.8 Å². The lowest BCUT2D eigenvalue weighted by Crippen LogP contribution is -2.59. The number of hydrogen-bond acceptors (Lipinski definition) is 14. The van der Waals surface area contributed by atoms with E-state index in [2.05, 4.69) is 0 Å². The molecule has 0 bridgehead atoms. The first kappa shape index (κ1) is 35.6. The normalized spacial score (nSPS) is 17.9. The SMILES string of the molecule is COC(=O)C1(C(=O)OC)C[C@H](c2c(OC)cc(OC)cc2OC)C(C(=O)OC)(C(=O)OC)C[C@@H]1c1c(OC)cc(OC)cc1OC. The van der Waals surface area contributed by atoms with E-state index in [1.165, 1.54) is 66.9 Å². The summed E-state index contributed by atoms with van der Waals surface area (Å²) in [5, 5.41) is 0. The summed E-state index contributed by atoms with van der Waals surface area (Å²) in [5.74, 6) is -5.62. The van der Waals surface area contributed by atoms with Crippen molar-refractivity contribution in [3.63, 3.8) is 0 Å². The third-order valence-corrected chi connectivity index (χ3v) is 8.64. The van der Waals surface area contributed by atoms with E-state index in [0.717, 1.165) is 28.4 Å². The van der Waals surface area contributed by atoms with Gasteiger partial charge in [0.15, 0.2) is 10.8 Å². The average Bonchev–Trinajstić information content (AvgIpc) is 3.11. The van der Waals surface area contributed by atoms with Crippen molar-refractivity contribution in [2.45, 2.75) is 24.7 Å². The predicted octanol–water partition coefficient (Wildman–Crippen LogP) is 3.06. The molecule has 0 aliphatic heterocycles. The Balaban J connectivity index is 2.65. The molecule has 0 saturated heterocycles. The van der Waals surface area contributed by atoms with Gasteiger partial charge in [0.1, 0.15) is 34.5 Å². The van der Waals surface area contributed by atoms with Crippen LogP contribution in [0, 0.1) is 10.8 Å². The number of rotatable bonds is 12. The van der Waals surface area contributed by atoms with E-state index >= 15 is 0 Å². The van der Waals surface area contributed by atoms with Crippen LogP contribution in [0.5, 0.6) is 34.5 Å². The summed E-state index contributed by atoms with van der Waals surface area (Å²) in [6.45, 7) is 0. The Hall–Kier alpha value is -4.88. The number of methoxy groups -OCH3 is 10. The van der Waals surface area contributed by atoms with E-state index in [1.807, 2.05) is 0 Å². The maximum atomic E-state index is 14.1. The second kappa shape index (κ2) is 14.5. The molecular formula is C32H40O14. The largest absolute Gasteiger partial charge is 0.496 e. The fourth-order valence-electron chi connectivity index (χ4n) is 6.52. The van der Waals surface area contributed by atoms with Crippen LogP contribution in [0.2, 0.25) is 0 Å². The molecule has 2 aromatic carbocycles. The molecule has 0 spiro atoms. The fourth-order valence-corrected chi connectivity index (χ4v) is 6.52. The van der Waals surface area contributed by atoms with Crippen LogP contribution in [0.15, 0.2) is 24.3 Å². The second-order valence-corrected chi connectivity index (χ2v) is 10.3. The summed E-state index contributed by atoms with van der Waals surface area (Å²) in [6.07, 6.45) is -1.11. The monoisotopic (exact) mass is 648 g/mol. The highest BCUT2D eigenvalue weighted by molar-refractivity contribution is 6.06. The van der Waals surface area contributed by atoms with Crippen molar-refractivity contribution in [3.8, 4) is 34.5 Å². The van der Waals surface area contributed by atoms with Crippen molar-refractivity contribution >= 4 is 23.9 Å². The lowest BCUT2D eigenvalue weighted by Gasteiger charge is -2.50. The summed E-state index contributed by atoms with van der Waals surface area (Å²) in [4.78, 5) is 56.5. The molecule has 1 fully saturated rings. The van der Waals surface area contributed by atoms with E-state index in [-0.39, 0.29) is 34.1 Å². The van der Waals surface area contributed by atoms with Crippen LogP contribution in [-0.2, 0) is 38.1 Å². The molecule has 14 nitrogen and oxygen atoms in total. The molecule has 0 aromatic heterocycles. The smallest absolute Gasteiger partial charge is 0.323 e. The standard InChI is InChI=1S/C32H40O14/c1-37-17-11-21(39-3)25(22(12-17)40-4)19-15-32(29(35)45-9,30(36)46-10)20(16-31(19,27(33)43-7)28(34)44-8)26-23(41-5)13-18(38-2)14-24(26)42-6/h11-14,19-20H,15-16H2,1-10H3/t19-,20-/m1/s1. The Morgan fingerprint density at radius 3 is 0.870 bits per heavy atom. The second-order valence-electron chi connectivity index (χ2n) is 10.3. The quantitative estimate of drug-likeness (QED) is 0.188. The minimum atomic E-state index is -2.22. The van der Waals surface area contributed by atoms with Crippen molar-refractivity contribution in [1.82, 2.24) is 0 Å². The van der Waals surface area contributed by atoms with Crippen LogP contribution in [0.1, 0.15) is 35.8 Å². The summed E-state index contributed by atoms with van der Waals surface area (Å²) < 4.78 is 54.7. The number of benzene rings is 2. The van der Waals surface area contributed by atoms with E-state index in [1.54, 1.807) is 0 Å². The summed E-state index contributed by atoms with van der Waals surface area (Å²) in [5.41, 5.74) is -4.12. The highest BCUT2D eigenvalue weighted by Gasteiger charge is 2.70. The van der Waals surface area contributed by atoms with Crippen LogP contribution < -0.4 is 28.4 Å². The van der Waals surface area contributed by atoms with Gasteiger partial charge in [0.25, 0.3) is 0 Å². The van der Waals surface area contributed by atoms with Gasteiger partial charge in [-0.3, -0.25) is 19.2 Å². The van der Waals surface area contributed by atoms with Gasteiger partial charge in [-0.2, -0.15) is 0 Å². The van der Waals surface area contributed by atoms with Gasteiger partial charge in [0.2, 0.25) is 0 Å². The lowest BCUT2D eigenvalue weighted by molar-refractivity contribution is -0.189. The van der Waals surface area contributed by atoms with Crippen molar-refractivity contribution in [2.75, 3.05) is 71.1 Å². The third-order valence-electron chi connectivity index (χ3n) is 8.64. The summed E-state index contributed by atoms with van der Waals surface area (Å²) >= 11 is 0. The third kappa shape index (κ3) is 5.56. The van der Waals surface area contributed by atoms with Gasteiger partial charge < -0.3 is 47.4 Å². The van der Waals surface area contributed by atoms with Gasteiger partial charge in [0, 0.05) is 47.2 Å². The van der Waals surface area contributed by atoms with Gasteiger partial charge in [0.05, 0.1) is 71.1 Å². The van der Waals surface area contributed by atoms with E-state index < -0.39 is 59.4 Å². The highest BCUT2D eigenvalue weighted by Crippen LogP contribution is 2.65. The summed E-state index contributed by atoms with van der Waals surface area (Å²) in [6, 6.07) is 6.04. The van der Waals surface area contributed by atoms with Gasteiger partial charge in [-0.15, -0.1) is 0 Å². The zero-order valence-electron chi connectivity index (χ0n) is 27.6. The first-order valence-electron chi connectivity index (χ1n) is 13.9. The van der Waals surface area contributed by atoms with E-state index in [9.17, 15) is 19.2 Å². The zero-order chi connectivity index (χ0) is 34.4. The van der Waals surface area contributed by atoms with Crippen molar-refractivity contribution < 1.29 is 66.5 Å². The molecule has 0 unspecified atom stereocenters. The van der Waals surface area contributed by atoms with Gasteiger partial charge in [-0.1, -0.05) is 0 Å². The Morgan fingerprint density at radius 1 is 0.457 bits per heavy atom. The molecule has 1 saturated carbocycles. The van der Waals surface area contributed by atoms with E-state index in [0.29, 0.717) is 11.5 Å². The van der Waals surface area contributed by atoms with Crippen LogP contribution in [-0.4, -0.2) is 95.0 Å². The average molecular weight is 649 g/mol. The molecule has 0 radical (unpaired) electrons. The van der Waals surface area contributed by atoms with Crippen molar-refractivity contribution in [2.24, 2.45) is 10.8 Å². The zero-order valence-corrected chi connectivity index (χ0v) is 27.6. The predicted molar refractivity (Wildman–Crippen MR) is 160 cm³/mol. The number of ether oxygens (including phenoxy) is 10. The molecule has 46 heavy (non-hydrogen) atoms. The van der Waals surface area contributed by atoms with Crippen molar-refractivity contribution in [1.29, 1.82) is 0 Å². The first-order chi connectivity index (χ1) is 22.0. The Morgan fingerprint density at radius 2 is 0.696 bits per heavy atom. The van der Waals surface area contributed by atoms with E-state index in [4.69, 9.17) is 47.4 Å². The van der Waals surface area contributed by atoms with Gasteiger partial charge in [-0.25, -0.2) is 0 Å². The number of carbonyl (C=O) groups excluding carboxylic acids is 4. The highest BCUT2D eigenvalue weighted by atomic mass is 16.6. The molecule has 2 aromatic rings. The molecule has 0 N–H and O–H groups in total. The van der Waals surface area contributed by atoms with Crippen LogP contribution in [0.4, 0.5) is 0 Å². The molecule has 0 heterocycles. The van der Waals surface area contributed by atoms with Crippen LogP contribution in [0.25, 0.3) is 0 Å². The minimum Gasteiger partial charge on any atom is -0.496 e. The summed E-state index contributed by atoms with van der Waals surface area (Å²) in [7, 11) is 12.8. The lowest BCUT2D eigenvalue weighted by atomic mass is 9.50. The molecule has 252 valence electrons. The number of hydrogen-bond donors (Lipinski definition) is 0. The Labute approximate surface area is 267 Å². The molecule has 14 heteroatoms. The van der Waals surface area contributed by atoms with Crippen LogP contribution >= 0.6 is 0 Å². The maximum Gasteiger partial charge on any atom is 0.323 e. The molecule has 3 rings (SSSR count). The molecule has 1 aliphatic carbocycles. The van der Waals surface area contributed by atoms with Crippen molar-refractivity contribution in [3.05, 3.63) is 35.4 Å². The Bertz CT molecular complexity index is 1270. The van der Waals surface area contributed by atoms with Crippen LogP contribution in [0.3, 0.4) is 0 Å². The molecule has 1 aliphatic rings. The topological polar surface area (TPSA) is 161 Å². The minimum absolute atomic E-state index is 0.125. The number of esters is 4. The molecule has 2 atom stereocenters. The van der Waals surface area contributed by atoms with Gasteiger partial charge >= 0.3 is 23.9 Å². The first-order valence-corrected chi connectivity index (χ1v) is 13.9. The Kier molecular flexibility index (Phi) is 11.2.